The average Bonchev–Trinajstić information content (AvgIpc) is 2.74. The highest BCUT2D eigenvalue weighted by Crippen LogP contribution is 2.10. The van der Waals surface area contributed by atoms with E-state index in [0.717, 1.165) is 52.6 Å². The van der Waals surface area contributed by atoms with Gasteiger partial charge in [-0.15, -0.1) is 0 Å². The third-order valence-corrected chi connectivity index (χ3v) is 3.71. The average molecular weight is 256 g/mol. The molecule has 0 aromatic carbocycles. The third kappa shape index (κ3) is 3.85. The molecule has 1 rings (SSSR count). The fourth-order valence-corrected chi connectivity index (χ4v) is 2.23. The van der Waals surface area contributed by atoms with Crippen molar-refractivity contribution in [3.8, 4) is 0 Å². The largest absolute Gasteiger partial charge is 0.322 e. The second kappa shape index (κ2) is 7.59. The Kier molecular flexibility index (Phi) is 6.43. The molecular weight excluding hydrogens is 228 g/mol. The van der Waals surface area contributed by atoms with Gasteiger partial charge in [0.15, 0.2) is 0 Å². The standard InChI is InChI=1S/C13H28N4O/c1-5-14(6-2)11-16-9-10-17(13(16)18)12-15(7-3)8-4/h5-12H2,1-4H3. The van der Waals surface area contributed by atoms with Crippen LogP contribution in [0.5, 0.6) is 0 Å². The van der Waals surface area contributed by atoms with E-state index in [0.29, 0.717) is 0 Å². The lowest BCUT2D eigenvalue weighted by atomic mass is 10.5. The molecular formula is C13H28N4O. The third-order valence-electron chi connectivity index (χ3n) is 3.71. The van der Waals surface area contributed by atoms with E-state index in [1.54, 1.807) is 0 Å². The molecule has 0 aliphatic carbocycles. The molecule has 1 aliphatic heterocycles. The van der Waals surface area contributed by atoms with E-state index >= 15 is 0 Å². The molecule has 5 nitrogen and oxygen atoms in total. The lowest BCUT2D eigenvalue weighted by Crippen LogP contribution is -2.43. The Morgan fingerprint density at radius 3 is 1.44 bits per heavy atom. The fraction of sp³-hybridized carbons (Fsp3) is 0.923. The van der Waals surface area contributed by atoms with Crippen LogP contribution in [0.15, 0.2) is 0 Å². The predicted octanol–water partition coefficient (Wildman–Crippen LogP) is 1.32. The van der Waals surface area contributed by atoms with Gasteiger partial charge in [0.2, 0.25) is 0 Å². The van der Waals surface area contributed by atoms with Gasteiger partial charge in [0.25, 0.3) is 0 Å². The van der Waals surface area contributed by atoms with Gasteiger partial charge in [-0.1, -0.05) is 27.7 Å². The Morgan fingerprint density at radius 2 is 1.17 bits per heavy atom. The van der Waals surface area contributed by atoms with E-state index in [-0.39, 0.29) is 6.03 Å². The number of hydrogen-bond donors (Lipinski definition) is 0. The Labute approximate surface area is 111 Å². The summed E-state index contributed by atoms with van der Waals surface area (Å²) in [5, 5.41) is 0. The van der Waals surface area contributed by atoms with Crippen molar-refractivity contribution in [3.63, 3.8) is 0 Å². The molecule has 0 spiro atoms. The van der Waals surface area contributed by atoms with Gasteiger partial charge < -0.3 is 9.80 Å². The molecule has 1 heterocycles. The number of rotatable bonds is 8. The van der Waals surface area contributed by atoms with Gasteiger partial charge in [0, 0.05) is 13.1 Å². The first-order valence-electron chi connectivity index (χ1n) is 7.14. The van der Waals surface area contributed by atoms with E-state index in [1.165, 1.54) is 0 Å². The number of hydrogen-bond acceptors (Lipinski definition) is 3. The van der Waals surface area contributed by atoms with Crippen molar-refractivity contribution in [1.82, 2.24) is 19.6 Å². The molecule has 0 atom stereocenters. The quantitative estimate of drug-likeness (QED) is 0.656. The molecule has 1 fully saturated rings. The summed E-state index contributed by atoms with van der Waals surface area (Å²) in [6.45, 7) is 15.8. The molecule has 1 aliphatic rings. The van der Waals surface area contributed by atoms with Crippen molar-refractivity contribution >= 4 is 6.03 Å². The highest BCUT2D eigenvalue weighted by atomic mass is 16.2. The van der Waals surface area contributed by atoms with Crippen molar-refractivity contribution in [2.24, 2.45) is 0 Å². The van der Waals surface area contributed by atoms with Gasteiger partial charge in [-0.25, -0.2) is 4.79 Å². The first kappa shape index (κ1) is 15.2. The van der Waals surface area contributed by atoms with E-state index in [2.05, 4.69) is 37.5 Å². The summed E-state index contributed by atoms with van der Waals surface area (Å²) in [5.74, 6) is 0. The normalized spacial score (nSPS) is 16.4. The van der Waals surface area contributed by atoms with Crippen LogP contribution >= 0.6 is 0 Å². The Bertz CT molecular complexity index is 227. The van der Waals surface area contributed by atoms with Crippen LogP contribution in [0.2, 0.25) is 0 Å². The SMILES string of the molecule is CCN(CC)CN1CCN(CN(CC)CC)C1=O. The topological polar surface area (TPSA) is 30.0 Å². The van der Waals surface area contributed by atoms with E-state index < -0.39 is 0 Å². The Hall–Kier alpha value is -0.810. The molecule has 0 bridgehead atoms. The van der Waals surface area contributed by atoms with E-state index in [9.17, 15) is 4.79 Å². The molecule has 0 radical (unpaired) electrons. The van der Waals surface area contributed by atoms with E-state index in [1.807, 2.05) is 9.80 Å². The highest BCUT2D eigenvalue weighted by Gasteiger charge is 2.29. The fourth-order valence-electron chi connectivity index (χ4n) is 2.23. The molecule has 0 aromatic rings. The molecule has 2 amide bonds. The van der Waals surface area contributed by atoms with Crippen LogP contribution in [0.1, 0.15) is 27.7 Å². The van der Waals surface area contributed by atoms with Gasteiger partial charge in [0.05, 0.1) is 13.3 Å². The summed E-state index contributed by atoms with van der Waals surface area (Å²) in [5.41, 5.74) is 0. The molecule has 0 saturated carbocycles. The summed E-state index contributed by atoms with van der Waals surface area (Å²) >= 11 is 0. The van der Waals surface area contributed by atoms with Crippen LogP contribution in [-0.2, 0) is 0 Å². The molecule has 0 unspecified atom stereocenters. The summed E-state index contributed by atoms with van der Waals surface area (Å²) < 4.78 is 0. The van der Waals surface area contributed by atoms with Crippen LogP contribution in [0.3, 0.4) is 0 Å². The molecule has 0 N–H and O–H groups in total. The zero-order valence-corrected chi connectivity index (χ0v) is 12.4. The van der Waals surface area contributed by atoms with Crippen LogP contribution in [0, 0.1) is 0 Å². The van der Waals surface area contributed by atoms with Gasteiger partial charge in [-0.05, 0) is 26.2 Å². The van der Waals surface area contributed by atoms with Gasteiger partial charge in [0.1, 0.15) is 0 Å². The number of nitrogens with zero attached hydrogens (tertiary/aromatic N) is 4. The number of carbonyl (C=O) groups excluding carboxylic acids is 1. The zero-order chi connectivity index (χ0) is 13.5. The van der Waals surface area contributed by atoms with E-state index in [4.69, 9.17) is 0 Å². The maximum absolute atomic E-state index is 12.2. The van der Waals surface area contributed by atoms with Crippen molar-refractivity contribution < 1.29 is 4.79 Å². The van der Waals surface area contributed by atoms with Crippen LogP contribution in [0.4, 0.5) is 4.79 Å². The van der Waals surface area contributed by atoms with Crippen molar-refractivity contribution in [1.29, 1.82) is 0 Å². The molecule has 1 saturated heterocycles. The van der Waals surface area contributed by atoms with Crippen molar-refractivity contribution in [3.05, 3.63) is 0 Å². The molecule has 5 heteroatoms. The Morgan fingerprint density at radius 1 is 0.833 bits per heavy atom. The minimum atomic E-state index is 0.189. The lowest BCUT2D eigenvalue weighted by molar-refractivity contribution is 0.136. The predicted molar refractivity (Wildman–Crippen MR) is 74.4 cm³/mol. The van der Waals surface area contributed by atoms with Crippen LogP contribution in [-0.4, -0.2) is 78.2 Å². The number of amides is 2. The Balaban J connectivity index is 2.46. The second-order valence-corrected chi connectivity index (χ2v) is 4.70. The maximum Gasteiger partial charge on any atom is 0.322 e. The highest BCUT2D eigenvalue weighted by molar-refractivity contribution is 5.76. The van der Waals surface area contributed by atoms with Gasteiger partial charge >= 0.3 is 6.03 Å². The van der Waals surface area contributed by atoms with Crippen molar-refractivity contribution in [2.75, 3.05) is 52.6 Å². The maximum atomic E-state index is 12.2. The monoisotopic (exact) mass is 256 g/mol. The lowest BCUT2D eigenvalue weighted by Gasteiger charge is -2.27. The summed E-state index contributed by atoms with van der Waals surface area (Å²) in [7, 11) is 0. The van der Waals surface area contributed by atoms with Gasteiger partial charge in [-0.3, -0.25) is 9.80 Å². The van der Waals surface area contributed by atoms with Gasteiger partial charge in [-0.2, -0.15) is 0 Å². The second-order valence-electron chi connectivity index (χ2n) is 4.70. The summed E-state index contributed by atoms with van der Waals surface area (Å²) in [6.07, 6.45) is 0. The number of urea groups is 1. The first-order chi connectivity index (χ1) is 8.65. The number of carbonyl (C=O) groups is 1. The van der Waals surface area contributed by atoms with Crippen LogP contribution < -0.4 is 0 Å². The smallest absolute Gasteiger partial charge is 0.310 e. The summed E-state index contributed by atoms with van der Waals surface area (Å²) in [6, 6.07) is 0.189. The molecule has 106 valence electrons. The van der Waals surface area contributed by atoms with Crippen LogP contribution in [0.25, 0.3) is 0 Å². The minimum Gasteiger partial charge on any atom is -0.310 e. The first-order valence-corrected chi connectivity index (χ1v) is 7.14. The van der Waals surface area contributed by atoms with Crippen molar-refractivity contribution in [2.45, 2.75) is 27.7 Å². The minimum absolute atomic E-state index is 0.189. The summed E-state index contributed by atoms with van der Waals surface area (Å²) in [4.78, 5) is 20.7. The zero-order valence-electron chi connectivity index (χ0n) is 12.4. The molecule has 0 aromatic heterocycles. The molecule has 18 heavy (non-hydrogen) atoms.